The molecule has 0 fully saturated rings. The summed E-state index contributed by atoms with van der Waals surface area (Å²) >= 11 is 1.07. The Kier molecular flexibility index (Phi) is 3.94. The Morgan fingerprint density at radius 3 is 2.63 bits per heavy atom. The molecule has 0 aliphatic rings. The molecule has 6 nitrogen and oxygen atoms in total. The lowest BCUT2D eigenvalue weighted by Gasteiger charge is -2.16. The minimum atomic E-state index is -0.0900. The number of rotatable bonds is 4. The molecule has 2 rings (SSSR count). The van der Waals surface area contributed by atoms with E-state index in [1.54, 1.807) is 18.9 Å². The fraction of sp³-hybridized carbons (Fsp3) is 0.500. The van der Waals surface area contributed by atoms with Crippen molar-refractivity contribution in [2.24, 2.45) is 0 Å². The number of nitrogens with zero attached hydrogens (tertiary/aromatic N) is 5. The zero-order valence-electron chi connectivity index (χ0n) is 11.5. The lowest BCUT2D eigenvalue weighted by Crippen LogP contribution is -2.31. The molecule has 0 atom stereocenters. The van der Waals surface area contributed by atoms with Crippen molar-refractivity contribution in [2.75, 3.05) is 13.6 Å². The van der Waals surface area contributed by atoms with Gasteiger partial charge in [-0.3, -0.25) is 9.48 Å². The summed E-state index contributed by atoms with van der Waals surface area (Å²) in [7, 11) is 1.77. The summed E-state index contributed by atoms with van der Waals surface area (Å²) in [4.78, 5) is 13.8. The van der Waals surface area contributed by atoms with Crippen molar-refractivity contribution < 1.29 is 4.79 Å². The molecule has 102 valence electrons. The standard InChI is InChI=1S/C12H17N5OS/c1-8-7-9(2)17(13-8)6-5-16(4)12(18)11-10(3)14-19-15-11/h7H,5-6H2,1-4H3. The lowest BCUT2D eigenvalue weighted by atomic mass is 10.3. The van der Waals surface area contributed by atoms with Crippen molar-refractivity contribution in [2.45, 2.75) is 27.3 Å². The number of carbonyl (C=O) groups is 1. The minimum Gasteiger partial charge on any atom is -0.338 e. The van der Waals surface area contributed by atoms with Crippen molar-refractivity contribution >= 4 is 17.6 Å². The number of hydrogen-bond donors (Lipinski definition) is 0. The van der Waals surface area contributed by atoms with Crippen LogP contribution in [-0.2, 0) is 6.54 Å². The number of aryl methyl sites for hydroxylation is 3. The van der Waals surface area contributed by atoms with Crippen LogP contribution >= 0.6 is 11.7 Å². The van der Waals surface area contributed by atoms with Crippen LogP contribution in [0, 0.1) is 20.8 Å². The summed E-state index contributed by atoms with van der Waals surface area (Å²) in [5, 5.41) is 4.37. The molecule has 2 heterocycles. The van der Waals surface area contributed by atoms with E-state index in [0.717, 1.165) is 23.1 Å². The van der Waals surface area contributed by atoms with E-state index in [4.69, 9.17) is 0 Å². The molecule has 2 aromatic heterocycles. The molecule has 19 heavy (non-hydrogen) atoms. The van der Waals surface area contributed by atoms with Gasteiger partial charge in [0.15, 0.2) is 5.69 Å². The molecule has 0 aromatic carbocycles. The Hall–Kier alpha value is -1.76. The van der Waals surface area contributed by atoms with Crippen LogP contribution in [0.1, 0.15) is 27.6 Å². The first-order valence-corrected chi connectivity index (χ1v) is 6.77. The monoisotopic (exact) mass is 279 g/mol. The number of amides is 1. The molecule has 0 radical (unpaired) electrons. The van der Waals surface area contributed by atoms with Gasteiger partial charge in [0.1, 0.15) is 0 Å². The Bertz CT molecular complexity index is 589. The zero-order valence-corrected chi connectivity index (χ0v) is 12.4. The molecule has 0 aliphatic carbocycles. The molecule has 7 heteroatoms. The second kappa shape index (κ2) is 5.48. The highest BCUT2D eigenvalue weighted by Crippen LogP contribution is 2.08. The predicted octanol–water partition coefficient (Wildman–Crippen LogP) is 1.43. The highest BCUT2D eigenvalue weighted by Gasteiger charge is 2.17. The van der Waals surface area contributed by atoms with Crippen molar-refractivity contribution in [3.63, 3.8) is 0 Å². The van der Waals surface area contributed by atoms with Gasteiger partial charge in [0.2, 0.25) is 0 Å². The fourth-order valence-electron chi connectivity index (χ4n) is 1.85. The van der Waals surface area contributed by atoms with Gasteiger partial charge in [-0.15, -0.1) is 0 Å². The van der Waals surface area contributed by atoms with Crippen LogP contribution in [0.4, 0.5) is 0 Å². The highest BCUT2D eigenvalue weighted by molar-refractivity contribution is 6.99. The molecule has 0 unspecified atom stereocenters. The van der Waals surface area contributed by atoms with E-state index >= 15 is 0 Å². The minimum absolute atomic E-state index is 0.0900. The van der Waals surface area contributed by atoms with Crippen LogP contribution in [0.3, 0.4) is 0 Å². The van der Waals surface area contributed by atoms with Crippen LogP contribution in [0.5, 0.6) is 0 Å². The summed E-state index contributed by atoms with van der Waals surface area (Å²) in [6, 6.07) is 2.02. The second-order valence-corrected chi connectivity index (χ2v) is 5.10. The first kappa shape index (κ1) is 13.7. The third-order valence-corrected chi connectivity index (χ3v) is 3.57. The van der Waals surface area contributed by atoms with Gasteiger partial charge in [0, 0.05) is 19.3 Å². The molecule has 0 N–H and O–H groups in total. The van der Waals surface area contributed by atoms with Gasteiger partial charge in [-0.05, 0) is 26.8 Å². The number of hydrogen-bond acceptors (Lipinski definition) is 5. The summed E-state index contributed by atoms with van der Waals surface area (Å²) < 4.78 is 9.96. The van der Waals surface area contributed by atoms with E-state index in [1.807, 2.05) is 24.6 Å². The Morgan fingerprint density at radius 1 is 1.37 bits per heavy atom. The van der Waals surface area contributed by atoms with Crippen LogP contribution < -0.4 is 0 Å². The molecule has 0 saturated carbocycles. The van der Waals surface area contributed by atoms with Crippen molar-refractivity contribution in [3.8, 4) is 0 Å². The maximum Gasteiger partial charge on any atom is 0.275 e. The van der Waals surface area contributed by atoms with E-state index in [2.05, 4.69) is 13.8 Å². The van der Waals surface area contributed by atoms with Crippen LogP contribution in [0.2, 0.25) is 0 Å². The molecular weight excluding hydrogens is 262 g/mol. The number of aromatic nitrogens is 4. The molecular formula is C12H17N5OS. The summed E-state index contributed by atoms with van der Waals surface area (Å²) in [5.74, 6) is -0.0900. The van der Waals surface area contributed by atoms with Gasteiger partial charge in [-0.2, -0.15) is 13.8 Å². The Labute approximate surface area is 116 Å². The average molecular weight is 279 g/mol. The molecule has 0 saturated heterocycles. The summed E-state index contributed by atoms with van der Waals surface area (Å²) in [5.41, 5.74) is 3.23. The molecule has 0 bridgehead atoms. The van der Waals surface area contributed by atoms with E-state index < -0.39 is 0 Å². The molecule has 0 aliphatic heterocycles. The van der Waals surface area contributed by atoms with E-state index in [-0.39, 0.29) is 5.91 Å². The highest BCUT2D eigenvalue weighted by atomic mass is 32.1. The maximum atomic E-state index is 12.1. The second-order valence-electron chi connectivity index (χ2n) is 4.58. The molecule has 0 spiro atoms. The first-order valence-electron chi connectivity index (χ1n) is 6.04. The van der Waals surface area contributed by atoms with Crippen molar-refractivity contribution in [3.05, 3.63) is 28.8 Å². The zero-order chi connectivity index (χ0) is 14.0. The lowest BCUT2D eigenvalue weighted by molar-refractivity contribution is 0.0783. The molecule has 1 amide bonds. The van der Waals surface area contributed by atoms with E-state index in [9.17, 15) is 4.79 Å². The van der Waals surface area contributed by atoms with Gasteiger partial charge >= 0.3 is 0 Å². The van der Waals surface area contributed by atoms with Crippen molar-refractivity contribution in [1.82, 2.24) is 23.4 Å². The first-order chi connectivity index (χ1) is 8.99. The topological polar surface area (TPSA) is 63.9 Å². The largest absolute Gasteiger partial charge is 0.338 e. The summed E-state index contributed by atoms with van der Waals surface area (Å²) in [6.45, 7) is 7.04. The summed E-state index contributed by atoms with van der Waals surface area (Å²) in [6.07, 6.45) is 0. The molecule has 2 aromatic rings. The Balaban J connectivity index is 1.98. The van der Waals surface area contributed by atoms with Crippen LogP contribution in [0.25, 0.3) is 0 Å². The van der Waals surface area contributed by atoms with Crippen LogP contribution in [0.15, 0.2) is 6.07 Å². The van der Waals surface area contributed by atoms with Gasteiger partial charge in [-0.1, -0.05) is 0 Å². The average Bonchev–Trinajstić information content (AvgIpc) is 2.91. The third-order valence-electron chi connectivity index (χ3n) is 2.95. The third kappa shape index (κ3) is 2.98. The van der Waals surface area contributed by atoms with Gasteiger partial charge < -0.3 is 4.90 Å². The maximum absolute atomic E-state index is 12.1. The predicted molar refractivity (Wildman–Crippen MR) is 73.3 cm³/mol. The smallest absolute Gasteiger partial charge is 0.275 e. The number of carbonyl (C=O) groups excluding carboxylic acids is 1. The van der Waals surface area contributed by atoms with Gasteiger partial charge in [0.25, 0.3) is 5.91 Å². The van der Waals surface area contributed by atoms with Crippen LogP contribution in [-0.4, -0.2) is 42.9 Å². The Morgan fingerprint density at radius 2 is 2.11 bits per heavy atom. The van der Waals surface area contributed by atoms with Crippen molar-refractivity contribution in [1.29, 1.82) is 0 Å². The number of likely N-dealkylation sites (N-methyl/N-ethyl adjacent to an activating group) is 1. The van der Waals surface area contributed by atoms with Gasteiger partial charge in [-0.25, -0.2) is 0 Å². The normalized spacial score (nSPS) is 10.7. The fourth-order valence-corrected chi connectivity index (χ4v) is 2.40. The van der Waals surface area contributed by atoms with E-state index in [1.165, 1.54) is 0 Å². The van der Waals surface area contributed by atoms with E-state index in [0.29, 0.717) is 24.5 Å². The quantitative estimate of drug-likeness (QED) is 0.849. The SMILES string of the molecule is Cc1cc(C)n(CCN(C)C(=O)c2nsnc2C)n1. The van der Waals surface area contributed by atoms with Gasteiger partial charge in [0.05, 0.1) is 29.7 Å².